The molecule has 2 aliphatic rings. The number of nitrogens with one attached hydrogen (secondary N) is 1. The number of para-hydroxylation sites is 1. The van der Waals surface area contributed by atoms with Gasteiger partial charge in [-0.1, -0.05) is 31.5 Å². The molecule has 1 heterocycles. The molecule has 1 amide bonds. The maximum atomic E-state index is 12.8. The second-order valence-corrected chi connectivity index (χ2v) is 6.73. The molecule has 4 rings (SSSR count). The second kappa shape index (κ2) is 5.84. The topological polar surface area (TPSA) is 46.9 Å². The van der Waals surface area contributed by atoms with Gasteiger partial charge in [0.05, 0.1) is 22.6 Å². The Morgan fingerprint density at radius 1 is 1.22 bits per heavy atom. The Morgan fingerprint density at radius 2 is 1.96 bits per heavy atom. The van der Waals surface area contributed by atoms with E-state index in [1.807, 2.05) is 22.9 Å². The van der Waals surface area contributed by atoms with Crippen LogP contribution in [0.25, 0.3) is 5.69 Å². The van der Waals surface area contributed by atoms with Crippen molar-refractivity contribution in [1.82, 2.24) is 15.1 Å². The molecule has 0 unspecified atom stereocenters. The molecule has 2 saturated carbocycles. The average Bonchev–Trinajstić information content (AvgIpc) is 3.48. The Bertz CT molecular complexity index is 712. The highest BCUT2D eigenvalue weighted by atomic mass is 16.1. The number of carbonyl (C=O) groups excluding carboxylic acids is 1. The van der Waals surface area contributed by atoms with Gasteiger partial charge in [-0.3, -0.25) is 4.79 Å². The van der Waals surface area contributed by atoms with Gasteiger partial charge in [0, 0.05) is 12.0 Å². The molecule has 4 nitrogen and oxygen atoms in total. The summed E-state index contributed by atoms with van der Waals surface area (Å²) in [5, 5.41) is 8.03. The van der Waals surface area contributed by atoms with Gasteiger partial charge >= 0.3 is 0 Å². The largest absolute Gasteiger partial charge is 0.349 e. The van der Waals surface area contributed by atoms with Gasteiger partial charge in [0.25, 0.3) is 5.91 Å². The summed E-state index contributed by atoms with van der Waals surface area (Å²) in [6.45, 7) is 2.15. The van der Waals surface area contributed by atoms with Gasteiger partial charge in [0.1, 0.15) is 0 Å². The normalized spacial score (nSPS) is 17.3. The number of nitrogens with zero attached hydrogens (tertiary/aromatic N) is 2. The van der Waals surface area contributed by atoms with Crippen LogP contribution in [0.15, 0.2) is 30.3 Å². The number of hydrogen-bond donors (Lipinski definition) is 1. The van der Waals surface area contributed by atoms with E-state index in [2.05, 4.69) is 24.4 Å². The molecule has 1 N–H and O–H groups in total. The maximum absolute atomic E-state index is 12.8. The summed E-state index contributed by atoms with van der Waals surface area (Å²) < 4.78 is 2.00. The van der Waals surface area contributed by atoms with Gasteiger partial charge in [-0.25, -0.2) is 4.68 Å². The maximum Gasteiger partial charge on any atom is 0.255 e. The zero-order valence-electron chi connectivity index (χ0n) is 13.6. The highest BCUT2D eigenvalue weighted by molar-refractivity contribution is 5.97. The van der Waals surface area contributed by atoms with Crippen molar-refractivity contribution in [2.45, 2.75) is 57.4 Å². The number of hydrogen-bond acceptors (Lipinski definition) is 2. The van der Waals surface area contributed by atoms with Gasteiger partial charge in [0.15, 0.2) is 0 Å². The first-order valence-electron chi connectivity index (χ1n) is 8.76. The van der Waals surface area contributed by atoms with E-state index in [-0.39, 0.29) is 5.91 Å². The van der Waals surface area contributed by atoms with Gasteiger partial charge in [-0.15, -0.1) is 0 Å². The standard InChI is InChI=1S/C19H23N3O/c1-2-6-16-17(19(23)20-14-11-12-14)18(13-9-10-13)21-22(16)15-7-4-3-5-8-15/h3-5,7-8,13-14H,2,6,9-12H2,1H3,(H,20,23). The molecule has 2 aromatic rings. The second-order valence-electron chi connectivity index (χ2n) is 6.73. The minimum Gasteiger partial charge on any atom is -0.349 e. The molecule has 1 aromatic heterocycles. The van der Waals surface area contributed by atoms with E-state index in [9.17, 15) is 4.79 Å². The van der Waals surface area contributed by atoms with Gasteiger partial charge < -0.3 is 5.32 Å². The van der Waals surface area contributed by atoms with Gasteiger partial charge in [0.2, 0.25) is 0 Å². The summed E-state index contributed by atoms with van der Waals surface area (Å²) >= 11 is 0. The van der Waals surface area contributed by atoms with Crippen molar-refractivity contribution in [2.24, 2.45) is 0 Å². The predicted molar refractivity (Wildman–Crippen MR) is 90.0 cm³/mol. The minimum absolute atomic E-state index is 0.0834. The Labute approximate surface area is 136 Å². The first-order chi connectivity index (χ1) is 11.3. The van der Waals surface area contributed by atoms with E-state index >= 15 is 0 Å². The lowest BCUT2D eigenvalue weighted by Crippen LogP contribution is -2.27. The van der Waals surface area contributed by atoms with Crippen molar-refractivity contribution in [3.8, 4) is 5.69 Å². The Balaban J connectivity index is 1.80. The van der Waals surface area contributed by atoms with Crippen molar-refractivity contribution in [3.63, 3.8) is 0 Å². The summed E-state index contributed by atoms with van der Waals surface area (Å²) in [6, 6.07) is 10.6. The van der Waals surface area contributed by atoms with Crippen LogP contribution >= 0.6 is 0 Å². The highest BCUT2D eigenvalue weighted by Gasteiger charge is 2.36. The van der Waals surface area contributed by atoms with Gasteiger partial charge in [-0.2, -0.15) is 5.10 Å². The van der Waals surface area contributed by atoms with Crippen LogP contribution in [0.4, 0.5) is 0 Å². The van der Waals surface area contributed by atoms with E-state index < -0.39 is 0 Å². The van der Waals surface area contributed by atoms with Crippen LogP contribution < -0.4 is 5.32 Å². The Hall–Kier alpha value is -2.10. The zero-order chi connectivity index (χ0) is 15.8. The van der Waals surface area contributed by atoms with Crippen molar-refractivity contribution in [2.75, 3.05) is 0 Å². The van der Waals surface area contributed by atoms with Crippen molar-refractivity contribution in [3.05, 3.63) is 47.3 Å². The lowest BCUT2D eigenvalue weighted by molar-refractivity contribution is 0.0949. The number of amides is 1. The molecule has 4 heteroatoms. The predicted octanol–water partition coefficient (Wildman–Crippen LogP) is 3.59. The van der Waals surface area contributed by atoms with E-state index in [4.69, 9.17) is 5.10 Å². The quantitative estimate of drug-likeness (QED) is 0.886. The highest BCUT2D eigenvalue weighted by Crippen LogP contribution is 2.42. The third-order valence-electron chi connectivity index (χ3n) is 4.60. The molecule has 2 aliphatic carbocycles. The fraction of sp³-hybridized carbons (Fsp3) is 0.474. The molecular weight excluding hydrogens is 286 g/mol. The van der Waals surface area contributed by atoms with Crippen LogP contribution in [0.5, 0.6) is 0 Å². The van der Waals surface area contributed by atoms with E-state index in [0.717, 1.165) is 61.2 Å². The minimum atomic E-state index is 0.0834. The monoisotopic (exact) mass is 309 g/mol. The Kier molecular flexibility index (Phi) is 3.68. The molecule has 0 radical (unpaired) electrons. The number of rotatable bonds is 6. The first kappa shape index (κ1) is 14.5. The number of carbonyl (C=O) groups is 1. The number of benzene rings is 1. The van der Waals surface area contributed by atoms with Crippen molar-refractivity contribution < 1.29 is 4.79 Å². The van der Waals surface area contributed by atoms with Crippen molar-refractivity contribution >= 4 is 5.91 Å². The average molecular weight is 309 g/mol. The van der Waals surface area contributed by atoms with Crippen LogP contribution in [-0.4, -0.2) is 21.7 Å². The Morgan fingerprint density at radius 3 is 2.57 bits per heavy atom. The summed E-state index contributed by atoms with van der Waals surface area (Å²) in [7, 11) is 0. The molecular formula is C19H23N3O. The van der Waals surface area contributed by atoms with Crippen LogP contribution in [0, 0.1) is 0 Å². The summed E-state index contributed by atoms with van der Waals surface area (Å²) in [4.78, 5) is 12.8. The van der Waals surface area contributed by atoms with E-state index in [1.54, 1.807) is 0 Å². The third kappa shape index (κ3) is 2.90. The number of aromatic nitrogens is 2. The van der Waals surface area contributed by atoms with Crippen LogP contribution in [0.3, 0.4) is 0 Å². The fourth-order valence-corrected chi connectivity index (χ4v) is 3.10. The van der Waals surface area contributed by atoms with Crippen LogP contribution in [-0.2, 0) is 6.42 Å². The molecule has 0 aliphatic heterocycles. The molecule has 0 atom stereocenters. The van der Waals surface area contributed by atoms with E-state index in [1.165, 1.54) is 0 Å². The van der Waals surface area contributed by atoms with E-state index in [0.29, 0.717) is 12.0 Å². The van der Waals surface area contributed by atoms with Crippen LogP contribution in [0.2, 0.25) is 0 Å². The molecule has 23 heavy (non-hydrogen) atoms. The first-order valence-corrected chi connectivity index (χ1v) is 8.76. The lowest BCUT2D eigenvalue weighted by atomic mass is 10.1. The molecule has 2 fully saturated rings. The van der Waals surface area contributed by atoms with Crippen molar-refractivity contribution in [1.29, 1.82) is 0 Å². The van der Waals surface area contributed by atoms with Gasteiger partial charge in [-0.05, 0) is 44.2 Å². The summed E-state index contributed by atoms with van der Waals surface area (Å²) in [6.07, 6.45) is 6.41. The SMILES string of the molecule is CCCc1c(C(=O)NC2CC2)c(C2CC2)nn1-c1ccccc1. The third-order valence-corrected chi connectivity index (χ3v) is 4.60. The molecule has 0 spiro atoms. The molecule has 0 saturated heterocycles. The molecule has 0 bridgehead atoms. The summed E-state index contributed by atoms with van der Waals surface area (Å²) in [5.41, 5.74) is 3.97. The lowest BCUT2D eigenvalue weighted by Gasteiger charge is -2.09. The molecule has 1 aromatic carbocycles. The fourth-order valence-electron chi connectivity index (χ4n) is 3.10. The van der Waals surface area contributed by atoms with Crippen LogP contribution in [0.1, 0.15) is 66.7 Å². The summed E-state index contributed by atoms with van der Waals surface area (Å²) in [5.74, 6) is 0.551. The smallest absolute Gasteiger partial charge is 0.255 e. The molecule has 120 valence electrons. The zero-order valence-corrected chi connectivity index (χ0v) is 13.6.